The Balaban J connectivity index is 2.01. The third kappa shape index (κ3) is 6.81. The molecule has 1 unspecified atom stereocenters. The summed E-state index contributed by atoms with van der Waals surface area (Å²) in [5.41, 5.74) is 1.09. The number of hydrogen-bond acceptors (Lipinski definition) is 5. The summed E-state index contributed by atoms with van der Waals surface area (Å²) in [6.07, 6.45) is 0.344. The summed E-state index contributed by atoms with van der Waals surface area (Å²) < 4.78 is 33.6. The molecule has 8 nitrogen and oxygen atoms in total. The molecule has 3 aromatic rings. The van der Waals surface area contributed by atoms with Crippen molar-refractivity contribution in [1.82, 2.24) is 10.2 Å². The van der Waals surface area contributed by atoms with E-state index in [1.54, 1.807) is 68.6 Å². The molecule has 0 bridgehead atoms. The zero-order chi connectivity index (χ0) is 27.0. The summed E-state index contributed by atoms with van der Waals surface area (Å²) in [4.78, 5) is 27.9. The lowest BCUT2D eigenvalue weighted by Gasteiger charge is -2.33. The van der Waals surface area contributed by atoms with Crippen molar-refractivity contribution in [3.05, 3.63) is 89.4 Å². The fraction of sp³-hybridized carbons (Fsp3) is 0.259. The average molecular weight is 544 g/mol. The Morgan fingerprint density at radius 2 is 1.59 bits per heavy atom. The first-order chi connectivity index (χ1) is 17.7. The van der Waals surface area contributed by atoms with Gasteiger partial charge in [0.15, 0.2) is 0 Å². The van der Waals surface area contributed by atoms with E-state index in [-0.39, 0.29) is 17.3 Å². The SMILES string of the molecule is CCC(C(=O)NC)N(Cc1ccc(OC)cc1)C(=O)CN(c1ccccc1)S(=O)(=O)c1ccc(Cl)cc1. The summed E-state index contributed by atoms with van der Waals surface area (Å²) in [5.74, 6) is -0.201. The standard InChI is InChI=1S/C27H30ClN3O5S/c1-4-25(27(33)29-2)30(18-20-10-14-23(36-3)15-11-20)26(32)19-31(22-8-6-5-7-9-22)37(34,35)24-16-12-21(28)13-17-24/h5-17,25H,4,18-19H2,1-3H3,(H,29,33). The summed E-state index contributed by atoms with van der Waals surface area (Å²) >= 11 is 5.96. The first kappa shape index (κ1) is 28.0. The largest absolute Gasteiger partial charge is 0.497 e. The number of amides is 2. The lowest BCUT2D eigenvalue weighted by molar-refractivity contribution is -0.140. The number of anilines is 1. The van der Waals surface area contributed by atoms with Gasteiger partial charge in [0, 0.05) is 18.6 Å². The highest BCUT2D eigenvalue weighted by atomic mass is 35.5. The highest BCUT2D eigenvalue weighted by molar-refractivity contribution is 7.92. The van der Waals surface area contributed by atoms with Gasteiger partial charge in [-0.15, -0.1) is 0 Å². The predicted octanol–water partition coefficient (Wildman–Crippen LogP) is 4.10. The van der Waals surface area contributed by atoms with Gasteiger partial charge in [-0.25, -0.2) is 8.42 Å². The molecule has 1 atom stereocenters. The summed E-state index contributed by atoms with van der Waals surface area (Å²) in [7, 11) is -1.07. The van der Waals surface area contributed by atoms with Gasteiger partial charge in [0.05, 0.1) is 17.7 Å². The quantitative estimate of drug-likeness (QED) is 0.393. The van der Waals surface area contributed by atoms with Crippen LogP contribution in [0.3, 0.4) is 0 Å². The molecule has 0 fully saturated rings. The van der Waals surface area contributed by atoms with E-state index >= 15 is 0 Å². The van der Waals surface area contributed by atoms with Crippen LogP contribution in [0.1, 0.15) is 18.9 Å². The van der Waals surface area contributed by atoms with Crippen molar-refractivity contribution in [2.45, 2.75) is 30.8 Å². The van der Waals surface area contributed by atoms with Crippen molar-refractivity contribution < 1.29 is 22.7 Å². The van der Waals surface area contributed by atoms with Gasteiger partial charge in [-0.05, 0) is 60.5 Å². The minimum Gasteiger partial charge on any atom is -0.497 e. The van der Waals surface area contributed by atoms with Crippen molar-refractivity contribution in [3.8, 4) is 5.75 Å². The maximum Gasteiger partial charge on any atom is 0.264 e. The zero-order valence-electron chi connectivity index (χ0n) is 20.9. The van der Waals surface area contributed by atoms with Gasteiger partial charge < -0.3 is 15.0 Å². The molecule has 10 heteroatoms. The monoisotopic (exact) mass is 543 g/mol. The number of methoxy groups -OCH3 is 1. The fourth-order valence-electron chi connectivity index (χ4n) is 3.87. The van der Waals surface area contributed by atoms with E-state index in [1.165, 1.54) is 36.2 Å². The van der Waals surface area contributed by atoms with Crippen LogP contribution in [0.5, 0.6) is 5.75 Å². The lowest BCUT2D eigenvalue weighted by Crippen LogP contribution is -2.51. The van der Waals surface area contributed by atoms with Crippen LogP contribution in [0.25, 0.3) is 0 Å². The van der Waals surface area contributed by atoms with Gasteiger partial charge in [-0.2, -0.15) is 0 Å². The third-order valence-corrected chi connectivity index (χ3v) is 7.91. The molecule has 0 saturated carbocycles. The van der Waals surface area contributed by atoms with Gasteiger partial charge in [0.2, 0.25) is 11.8 Å². The summed E-state index contributed by atoms with van der Waals surface area (Å²) in [6, 6.07) is 20.5. The Morgan fingerprint density at radius 3 is 2.14 bits per heavy atom. The van der Waals surface area contributed by atoms with Crippen LogP contribution in [0, 0.1) is 0 Å². The van der Waals surface area contributed by atoms with E-state index in [2.05, 4.69) is 5.32 Å². The third-order valence-electron chi connectivity index (χ3n) is 5.87. The molecule has 3 aromatic carbocycles. The summed E-state index contributed by atoms with van der Waals surface area (Å²) in [6.45, 7) is 1.41. The molecule has 0 aliphatic heterocycles. The number of sulfonamides is 1. The number of rotatable bonds is 11. The Bertz CT molecular complexity index is 1300. The van der Waals surface area contributed by atoms with E-state index < -0.39 is 28.5 Å². The minimum absolute atomic E-state index is 0.00593. The number of halogens is 1. The van der Waals surface area contributed by atoms with Crippen LogP contribution in [-0.4, -0.2) is 51.9 Å². The average Bonchev–Trinajstić information content (AvgIpc) is 2.92. The predicted molar refractivity (Wildman–Crippen MR) is 144 cm³/mol. The number of nitrogens with one attached hydrogen (secondary N) is 1. The van der Waals surface area contributed by atoms with Crippen LogP contribution < -0.4 is 14.4 Å². The molecule has 37 heavy (non-hydrogen) atoms. The second-order valence-electron chi connectivity index (χ2n) is 8.21. The lowest BCUT2D eigenvalue weighted by atomic mass is 10.1. The second-order valence-corrected chi connectivity index (χ2v) is 10.5. The first-order valence-electron chi connectivity index (χ1n) is 11.7. The van der Waals surface area contributed by atoms with Crippen LogP contribution in [0.4, 0.5) is 5.69 Å². The van der Waals surface area contributed by atoms with Crippen LogP contribution >= 0.6 is 11.6 Å². The van der Waals surface area contributed by atoms with Crippen molar-refractivity contribution in [2.75, 3.05) is 25.0 Å². The Morgan fingerprint density at radius 1 is 0.973 bits per heavy atom. The maximum absolute atomic E-state index is 13.8. The molecule has 0 radical (unpaired) electrons. The summed E-state index contributed by atoms with van der Waals surface area (Å²) in [5, 5.41) is 3.00. The minimum atomic E-state index is -4.13. The van der Waals surface area contributed by atoms with Crippen LogP contribution in [0.15, 0.2) is 83.8 Å². The molecule has 0 aliphatic carbocycles. The highest BCUT2D eigenvalue weighted by Gasteiger charge is 2.33. The fourth-order valence-corrected chi connectivity index (χ4v) is 5.41. The van der Waals surface area contributed by atoms with Crippen molar-refractivity contribution in [2.24, 2.45) is 0 Å². The van der Waals surface area contributed by atoms with E-state index in [9.17, 15) is 18.0 Å². The van der Waals surface area contributed by atoms with Crippen LogP contribution in [-0.2, 0) is 26.2 Å². The number of nitrogens with zero attached hydrogens (tertiary/aromatic N) is 2. The van der Waals surface area contributed by atoms with Crippen molar-refractivity contribution in [3.63, 3.8) is 0 Å². The molecule has 0 spiro atoms. The van der Waals surface area contributed by atoms with Gasteiger partial charge in [0.25, 0.3) is 10.0 Å². The van der Waals surface area contributed by atoms with Gasteiger partial charge in [0.1, 0.15) is 18.3 Å². The van der Waals surface area contributed by atoms with Gasteiger partial charge >= 0.3 is 0 Å². The molecule has 3 rings (SSSR count). The molecule has 0 heterocycles. The van der Waals surface area contributed by atoms with Gasteiger partial charge in [-0.1, -0.05) is 48.9 Å². The molecular weight excluding hydrogens is 514 g/mol. The molecule has 0 aromatic heterocycles. The highest BCUT2D eigenvalue weighted by Crippen LogP contribution is 2.25. The van der Waals surface area contributed by atoms with E-state index in [0.29, 0.717) is 22.9 Å². The Hall–Kier alpha value is -3.56. The number of ether oxygens (including phenoxy) is 1. The molecule has 196 valence electrons. The van der Waals surface area contributed by atoms with Crippen molar-refractivity contribution in [1.29, 1.82) is 0 Å². The molecule has 0 aliphatic rings. The normalized spacial score (nSPS) is 11.9. The van der Waals surface area contributed by atoms with E-state index in [1.807, 2.05) is 0 Å². The number of likely N-dealkylation sites (N-methyl/N-ethyl adjacent to an activating group) is 1. The van der Waals surface area contributed by atoms with Crippen molar-refractivity contribution >= 4 is 39.1 Å². The first-order valence-corrected chi connectivity index (χ1v) is 13.5. The molecule has 0 saturated heterocycles. The molecular formula is C27H30ClN3O5S. The second kappa shape index (κ2) is 12.6. The zero-order valence-corrected chi connectivity index (χ0v) is 22.5. The number of hydrogen-bond donors (Lipinski definition) is 1. The Labute approximate surface area is 222 Å². The topological polar surface area (TPSA) is 96.0 Å². The number of carbonyl (C=O) groups excluding carboxylic acids is 2. The smallest absolute Gasteiger partial charge is 0.264 e. The molecule has 1 N–H and O–H groups in total. The number of para-hydroxylation sites is 1. The van der Waals surface area contributed by atoms with Gasteiger partial charge in [-0.3, -0.25) is 13.9 Å². The Kier molecular flexibility index (Phi) is 9.54. The number of benzene rings is 3. The maximum atomic E-state index is 13.8. The van der Waals surface area contributed by atoms with E-state index in [0.717, 1.165) is 9.87 Å². The molecule has 2 amide bonds. The van der Waals surface area contributed by atoms with Crippen LogP contribution in [0.2, 0.25) is 5.02 Å². The van der Waals surface area contributed by atoms with E-state index in [4.69, 9.17) is 16.3 Å². The number of carbonyl (C=O) groups is 2.